The maximum absolute atomic E-state index is 11.7. The summed E-state index contributed by atoms with van der Waals surface area (Å²) in [6.07, 6.45) is 0. The SMILES string of the molecule is O=[N+]([O-])c1cccc([N+](=O)[O-])c1CO[Si](c1ccccc1)(c1ccccc1)c1ccccc1. The van der Waals surface area contributed by atoms with Crippen molar-refractivity contribution in [2.24, 2.45) is 0 Å². The highest BCUT2D eigenvalue weighted by Gasteiger charge is 2.43. The Morgan fingerprint density at radius 2 is 0.939 bits per heavy atom. The van der Waals surface area contributed by atoms with E-state index in [0.29, 0.717) is 0 Å². The summed E-state index contributed by atoms with van der Waals surface area (Å²) in [6.45, 7) is -0.279. The van der Waals surface area contributed by atoms with Crippen LogP contribution in [0.4, 0.5) is 11.4 Å². The second-order valence-electron chi connectivity index (χ2n) is 7.36. The summed E-state index contributed by atoms with van der Waals surface area (Å²) in [5.41, 5.74) is -0.713. The van der Waals surface area contributed by atoms with Gasteiger partial charge in [0.1, 0.15) is 5.56 Å². The molecule has 0 aliphatic heterocycles. The van der Waals surface area contributed by atoms with Crippen LogP contribution in [-0.4, -0.2) is 18.2 Å². The number of hydrogen-bond donors (Lipinski definition) is 0. The predicted molar refractivity (Wildman–Crippen MR) is 129 cm³/mol. The largest absolute Gasteiger partial charge is 0.399 e. The summed E-state index contributed by atoms with van der Waals surface area (Å²) in [4.78, 5) is 22.1. The van der Waals surface area contributed by atoms with Gasteiger partial charge in [0, 0.05) is 12.1 Å². The molecule has 0 saturated carbocycles. The van der Waals surface area contributed by atoms with E-state index < -0.39 is 18.2 Å². The van der Waals surface area contributed by atoms with Crippen LogP contribution in [0, 0.1) is 20.2 Å². The molecule has 0 saturated heterocycles. The van der Waals surface area contributed by atoms with E-state index in [0.717, 1.165) is 15.6 Å². The van der Waals surface area contributed by atoms with Gasteiger partial charge in [-0.1, -0.05) is 91.0 Å². The van der Waals surface area contributed by atoms with Gasteiger partial charge in [0.05, 0.1) is 16.5 Å². The molecule has 0 N–H and O–H groups in total. The van der Waals surface area contributed by atoms with Crippen molar-refractivity contribution >= 4 is 35.3 Å². The van der Waals surface area contributed by atoms with Crippen molar-refractivity contribution < 1.29 is 14.3 Å². The average Bonchev–Trinajstić information content (AvgIpc) is 2.86. The van der Waals surface area contributed by atoms with Crippen molar-refractivity contribution in [3.05, 3.63) is 135 Å². The third kappa shape index (κ3) is 4.29. The van der Waals surface area contributed by atoms with Gasteiger partial charge in [-0.05, 0) is 21.6 Å². The van der Waals surface area contributed by atoms with E-state index in [-0.39, 0.29) is 23.5 Å². The molecule has 4 aromatic rings. The Balaban J connectivity index is 1.93. The summed E-state index contributed by atoms with van der Waals surface area (Å²) < 4.78 is 6.69. The van der Waals surface area contributed by atoms with Gasteiger partial charge in [-0.3, -0.25) is 20.2 Å². The monoisotopic (exact) mass is 456 g/mol. The molecular weight excluding hydrogens is 436 g/mol. The lowest BCUT2D eigenvalue weighted by molar-refractivity contribution is -0.396. The molecule has 0 aromatic heterocycles. The van der Waals surface area contributed by atoms with Gasteiger partial charge in [0.15, 0.2) is 0 Å². The lowest BCUT2D eigenvalue weighted by Crippen LogP contribution is -2.69. The van der Waals surface area contributed by atoms with Gasteiger partial charge in [-0.2, -0.15) is 0 Å². The van der Waals surface area contributed by atoms with Crippen molar-refractivity contribution in [2.45, 2.75) is 6.61 Å². The highest BCUT2D eigenvalue weighted by molar-refractivity contribution is 7.07. The quantitative estimate of drug-likeness (QED) is 0.174. The van der Waals surface area contributed by atoms with E-state index in [1.807, 2.05) is 91.0 Å². The lowest BCUT2D eigenvalue weighted by Gasteiger charge is -2.33. The molecule has 164 valence electrons. The van der Waals surface area contributed by atoms with Crippen LogP contribution in [0.5, 0.6) is 0 Å². The Morgan fingerprint density at radius 3 is 1.27 bits per heavy atom. The maximum atomic E-state index is 11.7. The van der Waals surface area contributed by atoms with Crippen LogP contribution in [0.15, 0.2) is 109 Å². The van der Waals surface area contributed by atoms with Gasteiger partial charge in [0.2, 0.25) is 0 Å². The van der Waals surface area contributed by atoms with Crippen molar-refractivity contribution in [2.75, 3.05) is 0 Å². The highest BCUT2D eigenvalue weighted by atomic mass is 28.4. The van der Waals surface area contributed by atoms with Gasteiger partial charge in [-0.15, -0.1) is 0 Å². The molecule has 0 unspecified atom stereocenters. The molecule has 0 heterocycles. The zero-order valence-electron chi connectivity index (χ0n) is 17.5. The molecule has 0 fully saturated rings. The lowest BCUT2D eigenvalue weighted by atomic mass is 10.1. The Bertz CT molecular complexity index is 1140. The molecule has 7 nitrogen and oxygen atoms in total. The van der Waals surface area contributed by atoms with Crippen LogP contribution < -0.4 is 15.6 Å². The minimum Gasteiger partial charge on any atom is -0.399 e. The molecule has 0 aliphatic rings. The summed E-state index contributed by atoms with van der Waals surface area (Å²) >= 11 is 0. The minimum atomic E-state index is -3.17. The molecule has 33 heavy (non-hydrogen) atoms. The fourth-order valence-corrected chi connectivity index (χ4v) is 7.85. The molecule has 0 amide bonds. The van der Waals surface area contributed by atoms with Crippen molar-refractivity contribution in [3.8, 4) is 0 Å². The standard InChI is InChI=1S/C25H20N2O5Si/c28-26(29)24-17-10-18-25(27(30)31)23(24)19-32-33(20-11-4-1-5-12-20,21-13-6-2-7-14-21)22-15-8-3-9-16-22/h1-18H,19H2. The second-order valence-corrected chi connectivity index (χ2v) is 10.7. The second kappa shape index (κ2) is 9.56. The number of hydrogen-bond acceptors (Lipinski definition) is 5. The maximum Gasteiger partial charge on any atom is 0.288 e. The summed E-state index contributed by atoms with van der Waals surface area (Å²) in [5.74, 6) is 0. The van der Waals surface area contributed by atoms with Crippen LogP contribution in [0.1, 0.15) is 5.56 Å². The normalized spacial score (nSPS) is 11.2. The third-order valence-corrected chi connectivity index (χ3v) is 9.51. The zero-order chi connectivity index (χ0) is 23.3. The van der Waals surface area contributed by atoms with Crippen LogP contribution >= 0.6 is 0 Å². The van der Waals surface area contributed by atoms with Crippen molar-refractivity contribution in [3.63, 3.8) is 0 Å². The molecule has 0 atom stereocenters. The minimum absolute atomic E-state index is 0.0489. The summed E-state index contributed by atoms with van der Waals surface area (Å²) in [7, 11) is -3.17. The molecule has 4 rings (SSSR count). The smallest absolute Gasteiger partial charge is 0.288 e. The first-order valence-electron chi connectivity index (χ1n) is 10.2. The molecule has 0 aliphatic carbocycles. The Kier molecular flexibility index (Phi) is 6.39. The fourth-order valence-electron chi connectivity index (χ4n) is 4.00. The highest BCUT2D eigenvalue weighted by Crippen LogP contribution is 2.29. The zero-order valence-corrected chi connectivity index (χ0v) is 18.5. The molecule has 0 radical (unpaired) electrons. The Morgan fingerprint density at radius 1 is 0.576 bits per heavy atom. The molecule has 0 spiro atoms. The van der Waals surface area contributed by atoms with Crippen molar-refractivity contribution in [1.29, 1.82) is 0 Å². The van der Waals surface area contributed by atoms with Crippen LogP contribution in [0.25, 0.3) is 0 Å². The average molecular weight is 457 g/mol. The number of nitro groups is 2. The number of rotatable bonds is 8. The van der Waals surface area contributed by atoms with Gasteiger partial charge in [-0.25, -0.2) is 0 Å². The number of nitro benzene ring substituents is 2. The van der Waals surface area contributed by atoms with Crippen LogP contribution in [0.3, 0.4) is 0 Å². The molecule has 8 heteroatoms. The topological polar surface area (TPSA) is 95.5 Å². The third-order valence-electron chi connectivity index (χ3n) is 5.49. The van der Waals surface area contributed by atoms with E-state index in [1.165, 1.54) is 18.2 Å². The van der Waals surface area contributed by atoms with E-state index in [9.17, 15) is 20.2 Å². The molecule has 0 bridgehead atoms. The van der Waals surface area contributed by atoms with Crippen LogP contribution in [-0.2, 0) is 11.0 Å². The predicted octanol–water partition coefficient (Wildman–Crippen LogP) is 3.69. The first-order chi connectivity index (χ1) is 16.0. The van der Waals surface area contributed by atoms with Gasteiger partial charge in [0.25, 0.3) is 19.7 Å². The van der Waals surface area contributed by atoms with E-state index in [1.54, 1.807) is 0 Å². The van der Waals surface area contributed by atoms with Crippen LogP contribution in [0.2, 0.25) is 0 Å². The summed E-state index contributed by atoms with van der Waals surface area (Å²) in [5, 5.41) is 26.1. The van der Waals surface area contributed by atoms with Crippen molar-refractivity contribution in [1.82, 2.24) is 0 Å². The van der Waals surface area contributed by atoms with Gasteiger partial charge >= 0.3 is 0 Å². The summed E-state index contributed by atoms with van der Waals surface area (Å²) in [6, 6.07) is 32.9. The fraction of sp³-hybridized carbons (Fsp3) is 0.0400. The van der Waals surface area contributed by atoms with Gasteiger partial charge < -0.3 is 4.43 Å². The Labute approximate surface area is 191 Å². The molecule has 4 aromatic carbocycles. The first-order valence-corrected chi connectivity index (χ1v) is 12.2. The Hall–Kier alpha value is -4.14. The number of benzene rings is 4. The first kappa shape index (κ1) is 22.1. The molecular formula is C25H20N2O5Si. The van der Waals surface area contributed by atoms with E-state index in [4.69, 9.17) is 4.43 Å². The van der Waals surface area contributed by atoms with E-state index >= 15 is 0 Å². The van der Waals surface area contributed by atoms with E-state index in [2.05, 4.69) is 0 Å². The number of nitrogens with zero attached hydrogens (tertiary/aromatic N) is 2.